The third-order valence-electron chi connectivity index (χ3n) is 2.94. The second kappa shape index (κ2) is 6.82. The Morgan fingerprint density at radius 2 is 2.19 bits per heavy atom. The van der Waals surface area contributed by atoms with Gasteiger partial charge >= 0.3 is 5.97 Å². The molecule has 0 aliphatic carbocycles. The van der Waals surface area contributed by atoms with Crippen molar-refractivity contribution in [2.45, 2.75) is 6.42 Å². The molecule has 2 N–H and O–H groups in total. The van der Waals surface area contributed by atoms with Crippen LogP contribution in [-0.4, -0.2) is 46.0 Å². The number of hydrogen-bond donors (Lipinski definition) is 2. The van der Waals surface area contributed by atoms with Gasteiger partial charge in [-0.25, -0.2) is 4.79 Å². The van der Waals surface area contributed by atoms with E-state index in [-0.39, 0.29) is 33.8 Å². The molecule has 21 heavy (non-hydrogen) atoms. The van der Waals surface area contributed by atoms with Gasteiger partial charge in [0.1, 0.15) is 0 Å². The Hall–Kier alpha value is -1.73. The highest BCUT2D eigenvalue weighted by Crippen LogP contribution is 2.21. The van der Waals surface area contributed by atoms with Crippen molar-refractivity contribution >= 4 is 46.2 Å². The molecule has 8 heteroatoms. The van der Waals surface area contributed by atoms with E-state index >= 15 is 0 Å². The lowest BCUT2D eigenvalue weighted by Gasteiger charge is -2.14. The van der Waals surface area contributed by atoms with Crippen LogP contribution in [0.5, 0.6) is 0 Å². The number of rotatable bonds is 5. The molecule has 2 rings (SSSR count). The summed E-state index contributed by atoms with van der Waals surface area (Å²) in [5, 5.41) is 11.9. The molecule has 1 aromatic rings. The summed E-state index contributed by atoms with van der Waals surface area (Å²) in [6, 6.07) is 4.23. The van der Waals surface area contributed by atoms with E-state index in [1.165, 1.54) is 30.0 Å². The topological polar surface area (TPSA) is 86.7 Å². The fourth-order valence-corrected chi connectivity index (χ4v) is 2.90. The standard InChI is InChI=1S/C13H13ClN2O4S/c14-8-1-2-10(9(7-8)12(18)19)15-11(17)3-4-16-5-6-21-13(16)20/h1-2,7H,3-6H2,(H,15,17)(H,18,19). The normalized spacial score (nSPS) is 14.3. The maximum Gasteiger partial charge on any atom is 0.337 e. The van der Waals surface area contributed by atoms with E-state index in [2.05, 4.69) is 5.32 Å². The highest BCUT2D eigenvalue weighted by Gasteiger charge is 2.21. The molecule has 2 amide bonds. The van der Waals surface area contributed by atoms with E-state index in [0.717, 1.165) is 5.75 Å². The molecule has 6 nitrogen and oxygen atoms in total. The Balaban J connectivity index is 1.96. The first-order valence-corrected chi connectivity index (χ1v) is 7.58. The predicted octanol–water partition coefficient (Wildman–Crippen LogP) is 2.54. The Morgan fingerprint density at radius 1 is 1.43 bits per heavy atom. The smallest absolute Gasteiger partial charge is 0.337 e. The molecule has 1 heterocycles. The molecule has 0 aromatic heterocycles. The average Bonchev–Trinajstić information content (AvgIpc) is 2.84. The Bertz CT molecular complexity index is 594. The minimum absolute atomic E-state index is 0.0273. The van der Waals surface area contributed by atoms with E-state index in [1.54, 1.807) is 4.90 Å². The van der Waals surface area contributed by atoms with E-state index in [0.29, 0.717) is 13.1 Å². The van der Waals surface area contributed by atoms with Gasteiger partial charge in [-0.15, -0.1) is 0 Å². The zero-order chi connectivity index (χ0) is 15.4. The summed E-state index contributed by atoms with van der Waals surface area (Å²) in [5.41, 5.74) is 0.127. The molecule has 1 saturated heterocycles. The second-order valence-electron chi connectivity index (χ2n) is 4.39. The molecular formula is C13H13ClN2O4S. The monoisotopic (exact) mass is 328 g/mol. The van der Waals surface area contributed by atoms with Gasteiger partial charge in [0.15, 0.2) is 0 Å². The van der Waals surface area contributed by atoms with Crippen LogP contribution in [0.4, 0.5) is 10.5 Å². The van der Waals surface area contributed by atoms with Crippen molar-refractivity contribution in [3.05, 3.63) is 28.8 Å². The van der Waals surface area contributed by atoms with E-state index in [4.69, 9.17) is 16.7 Å². The lowest BCUT2D eigenvalue weighted by atomic mass is 10.1. The predicted molar refractivity (Wildman–Crippen MR) is 81.1 cm³/mol. The molecule has 0 unspecified atom stereocenters. The quantitative estimate of drug-likeness (QED) is 0.867. The van der Waals surface area contributed by atoms with Gasteiger partial charge in [0.2, 0.25) is 5.91 Å². The van der Waals surface area contributed by atoms with Crippen molar-refractivity contribution in [1.29, 1.82) is 0 Å². The van der Waals surface area contributed by atoms with Gasteiger partial charge in [-0.3, -0.25) is 9.59 Å². The first kappa shape index (κ1) is 15.7. The fourth-order valence-electron chi connectivity index (χ4n) is 1.88. The van der Waals surface area contributed by atoms with Crippen LogP contribution in [0, 0.1) is 0 Å². The number of halogens is 1. The van der Waals surface area contributed by atoms with Gasteiger partial charge in [0, 0.05) is 30.3 Å². The Kier molecular flexibility index (Phi) is 5.08. The molecule has 0 spiro atoms. The van der Waals surface area contributed by atoms with Gasteiger partial charge in [-0.05, 0) is 18.2 Å². The van der Waals surface area contributed by atoms with Crippen LogP contribution in [0.15, 0.2) is 18.2 Å². The third kappa shape index (κ3) is 4.12. The van der Waals surface area contributed by atoms with Gasteiger partial charge in [0.05, 0.1) is 11.3 Å². The number of hydrogen-bond acceptors (Lipinski definition) is 4. The van der Waals surface area contributed by atoms with Gasteiger partial charge in [-0.1, -0.05) is 23.4 Å². The molecule has 0 bridgehead atoms. The van der Waals surface area contributed by atoms with Crippen LogP contribution in [0.1, 0.15) is 16.8 Å². The summed E-state index contributed by atoms with van der Waals surface area (Å²) < 4.78 is 0. The van der Waals surface area contributed by atoms with Crippen molar-refractivity contribution in [1.82, 2.24) is 4.90 Å². The number of carbonyl (C=O) groups excluding carboxylic acids is 2. The van der Waals surface area contributed by atoms with Gasteiger partial charge in [-0.2, -0.15) is 0 Å². The first-order chi connectivity index (χ1) is 9.97. The lowest BCUT2D eigenvalue weighted by molar-refractivity contribution is -0.116. The molecule has 0 saturated carbocycles. The van der Waals surface area contributed by atoms with Crippen LogP contribution >= 0.6 is 23.4 Å². The summed E-state index contributed by atoms with van der Waals surface area (Å²) in [6.07, 6.45) is 0.119. The van der Waals surface area contributed by atoms with E-state index < -0.39 is 5.97 Å². The lowest BCUT2D eigenvalue weighted by Crippen LogP contribution is -2.28. The van der Waals surface area contributed by atoms with Crippen LogP contribution in [-0.2, 0) is 4.79 Å². The number of aromatic carboxylic acids is 1. The summed E-state index contributed by atoms with van der Waals surface area (Å²) in [7, 11) is 0. The molecule has 0 radical (unpaired) electrons. The molecule has 0 atom stereocenters. The molecule has 1 aliphatic rings. The number of carboxylic acid groups (broad SMARTS) is 1. The van der Waals surface area contributed by atoms with Crippen molar-refractivity contribution in [2.75, 3.05) is 24.2 Å². The average molecular weight is 329 g/mol. The van der Waals surface area contributed by atoms with Crippen molar-refractivity contribution < 1.29 is 19.5 Å². The maximum absolute atomic E-state index is 11.9. The van der Waals surface area contributed by atoms with Crippen LogP contribution < -0.4 is 5.32 Å². The van der Waals surface area contributed by atoms with Crippen LogP contribution in [0.25, 0.3) is 0 Å². The number of benzene rings is 1. The molecule has 1 aliphatic heterocycles. The zero-order valence-electron chi connectivity index (χ0n) is 11.0. The van der Waals surface area contributed by atoms with Gasteiger partial charge < -0.3 is 15.3 Å². The Labute approximate surface area is 130 Å². The number of anilines is 1. The third-order valence-corrected chi connectivity index (χ3v) is 4.07. The molecule has 1 aromatic carbocycles. The highest BCUT2D eigenvalue weighted by molar-refractivity contribution is 8.13. The minimum atomic E-state index is -1.17. The van der Waals surface area contributed by atoms with Crippen LogP contribution in [0.3, 0.4) is 0 Å². The zero-order valence-corrected chi connectivity index (χ0v) is 12.5. The number of nitrogens with zero attached hydrogens (tertiary/aromatic N) is 1. The summed E-state index contributed by atoms with van der Waals surface area (Å²) in [6.45, 7) is 0.964. The fraction of sp³-hybridized carbons (Fsp3) is 0.308. The van der Waals surface area contributed by atoms with E-state index in [1.807, 2.05) is 0 Å². The van der Waals surface area contributed by atoms with Gasteiger partial charge in [0.25, 0.3) is 5.24 Å². The van der Waals surface area contributed by atoms with E-state index in [9.17, 15) is 14.4 Å². The van der Waals surface area contributed by atoms with Crippen LogP contribution in [0.2, 0.25) is 5.02 Å². The Morgan fingerprint density at radius 3 is 2.81 bits per heavy atom. The summed E-state index contributed by atoms with van der Waals surface area (Å²) in [5.74, 6) is -0.774. The number of carboxylic acids is 1. The van der Waals surface area contributed by atoms with Crippen molar-refractivity contribution in [3.63, 3.8) is 0 Å². The summed E-state index contributed by atoms with van der Waals surface area (Å²) >= 11 is 6.97. The van der Waals surface area contributed by atoms with Crippen molar-refractivity contribution in [2.24, 2.45) is 0 Å². The number of amides is 2. The SMILES string of the molecule is O=C(CCN1CCSC1=O)Nc1ccc(Cl)cc1C(=O)O. The maximum atomic E-state index is 11.9. The number of thioether (sulfide) groups is 1. The van der Waals surface area contributed by atoms with Crippen molar-refractivity contribution in [3.8, 4) is 0 Å². The number of carbonyl (C=O) groups is 3. The molecular weight excluding hydrogens is 316 g/mol. The summed E-state index contributed by atoms with van der Waals surface area (Å²) in [4.78, 5) is 35.9. The molecule has 112 valence electrons. The highest BCUT2D eigenvalue weighted by atomic mass is 35.5. The number of nitrogens with one attached hydrogen (secondary N) is 1. The molecule has 1 fully saturated rings. The first-order valence-electron chi connectivity index (χ1n) is 6.22. The minimum Gasteiger partial charge on any atom is -0.478 e. The largest absolute Gasteiger partial charge is 0.478 e. The second-order valence-corrected chi connectivity index (χ2v) is 5.88.